The second-order valence-corrected chi connectivity index (χ2v) is 15.7. The predicted molar refractivity (Wildman–Crippen MR) is 218 cm³/mol. The summed E-state index contributed by atoms with van der Waals surface area (Å²) < 4.78 is 5.44. The molecule has 0 bridgehead atoms. The molecule has 0 aromatic carbocycles. The first-order valence-corrected chi connectivity index (χ1v) is 22.8. The molecule has 1 amide bonds. The van der Waals surface area contributed by atoms with Gasteiger partial charge in [-0.3, -0.25) is 9.59 Å². The van der Waals surface area contributed by atoms with Crippen molar-refractivity contribution in [3.63, 3.8) is 0 Å². The van der Waals surface area contributed by atoms with Gasteiger partial charge in [-0.1, -0.05) is 213 Å². The second kappa shape index (κ2) is 41.6. The standard InChI is InChI=1S/C45H89NO5/c1-3-5-7-9-11-13-15-16-18-23-27-31-35-39-45(50)51-40-36-32-28-24-20-19-22-26-30-34-38-44(49)46-42(41-47)43(48)37-33-29-25-21-17-14-12-10-8-6-4-2/h42-43,47-48H,3-41H2,1-2H3,(H,46,49). The number of nitrogens with one attached hydrogen (secondary N) is 1. The monoisotopic (exact) mass is 724 g/mol. The van der Waals surface area contributed by atoms with E-state index in [0.29, 0.717) is 25.9 Å². The summed E-state index contributed by atoms with van der Waals surface area (Å²) in [4.78, 5) is 24.4. The Morgan fingerprint density at radius 1 is 0.471 bits per heavy atom. The molecule has 6 heteroatoms. The summed E-state index contributed by atoms with van der Waals surface area (Å²) >= 11 is 0. The van der Waals surface area contributed by atoms with Crippen LogP contribution in [0.1, 0.15) is 251 Å². The summed E-state index contributed by atoms with van der Waals surface area (Å²) in [6, 6.07) is -0.554. The lowest BCUT2D eigenvalue weighted by Crippen LogP contribution is -2.45. The van der Waals surface area contributed by atoms with E-state index in [1.165, 1.54) is 161 Å². The molecule has 0 radical (unpaired) electrons. The van der Waals surface area contributed by atoms with Crippen molar-refractivity contribution in [3.05, 3.63) is 0 Å². The number of esters is 1. The molecule has 3 N–H and O–H groups in total. The predicted octanol–water partition coefficient (Wildman–Crippen LogP) is 12.8. The van der Waals surface area contributed by atoms with Gasteiger partial charge in [0.15, 0.2) is 0 Å². The zero-order chi connectivity index (χ0) is 37.3. The van der Waals surface area contributed by atoms with E-state index >= 15 is 0 Å². The molecule has 0 aromatic heterocycles. The minimum absolute atomic E-state index is 0.0174. The molecule has 6 nitrogen and oxygen atoms in total. The number of rotatable bonds is 42. The van der Waals surface area contributed by atoms with E-state index in [1.807, 2.05) is 0 Å². The van der Waals surface area contributed by atoms with Gasteiger partial charge in [-0.25, -0.2) is 0 Å². The number of unbranched alkanes of at least 4 members (excludes halogenated alkanes) is 31. The molecular formula is C45H89NO5. The van der Waals surface area contributed by atoms with Gasteiger partial charge >= 0.3 is 5.97 Å². The highest BCUT2D eigenvalue weighted by Crippen LogP contribution is 2.16. The molecule has 0 saturated heterocycles. The minimum Gasteiger partial charge on any atom is -0.466 e. The number of aliphatic hydroxyl groups is 2. The number of hydrogen-bond donors (Lipinski definition) is 3. The Balaban J connectivity index is 3.46. The van der Waals surface area contributed by atoms with Crippen LogP contribution < -0.4 is 5.32 Å². The van der Waals surface area contributed by atoms with Gasteiger partial charge in [0.05, 0.1) is 25.4 Å². The number of aliphatic hydroxyl groups excluding tert-OH is 2. The lowest BCUT2D eigenvalue weighted by molar-refractivity contribution is -0.143. The topological polar surface area (TPSA) is 95.9 Å². The Kier molecular flexibility index (Phi) is 40.7. The third-order valence-electron chi connectivity index (χ3n) is 10.7. The first-order valence-electron chi connectivity index (χ1n) is 22.8. The number of amides is 1. The molecule has 2 unspecified atom stereocenters. The zero-order valence-corrected chi connectivity index (χ0v) is 34.4. The van der Waals surface area contributed by atoms with Gasteiger partial charge in [-0.15, -0.1) is 0 Å². The first kappa shape index (κ1) is 49.9. The maximum atomic E-state index is 12.4. The summed E-state index contributed by atoms with van der Waals surface area (Å²) in [7, 11) is 0. The quantitative estimate of drug-likeness (QED) is 0.0430. The Morgan fingerprint density at radius 3 is 1.20 bits per heavy atom. The molecule has 0 aliphatic heterocycles. The fourth-order valence-electron chi connectivity index (χ4n) is 7.11. The zero-order valence-electron chi connectivity index (χ0n) is 34.4. The Bertz CT molecular complexity index is 717. The first-order chi connectivity index (χ1) is 25.0. The van der Waals surface area contributed by atoms with Crippen molar-refractivity contribution in [2.45, 2.75) is 264 Å². The van der Waals surface area contributed by atoms with Crippen LogP contribution in [0.2, 0.25) is 0 Å². The maximum absolute atomic E-state index is 12.4. The number of ether oxygens (including phenoxy) is 1. The highest BCUT2D eigenvalue weighted by Gasteiger charge is 2.20. The molecule has 0 spiro atoms. The van der Waals surface area contributed by atoms with E-state index < -0.39 is 12.1 Å². The van der Waals surface area contributed by atoms with Crippen LogP contribution >= 0.6 is 0 Å². The van der Waals surface area contributed by atoms with Crippen LogP contribution in [0.5, 0.6) is 0 Å². The number of hydrogen-bond acceptors (Lipinski definition) is 5. The summed E-state index contributed by atoms with van der Waals surface area (Å²) in [5.41, 5.74) is 0. The summed E-state index contributed by atoms with van der Waals surface area (Å²) in [5, 5.41) is 23.1. The maximum Gasteiger partial charge on any atom is 0.305 e. The van der Waals surface area contributed by atoms with Gasteiger partial charge in [0, 0.05) is 12.8 Å². The third-order valence-corrected chi connectivity index (χ3v) is 10.7. The van der Waals surface area contributed by atoms with Gasteiger partial charge < -0.3 is 20.3 Å². The largest absolute Gasteiger partial charge is 0.466 e. The van der Waals surface area contributed by atoms with Crippen molar-refractivity contribution >= 4 is 11.9 Å². The van der Waals surface area contributed by atoms with E-state index in [-0.39, 0.29) is 18.5 Å². The molecule has 0 aromatic rings. The van der Waals surface area contributed by atoms with E-state index in [0.717, 1.165) is 57.8 Å². The highest BCUT2D eigenvalue weighted by atomic mass is 16.5. The molecule has 0 aliphatic carbocycles. The lowest BCUT2D eigenvalue weighted by Gasteiger charge is -2.22. The van der Waals surface area contributed by atoms with Crippen LogP contribution in [0.15, 0.2) is 0 Å². The average molecular weight is 724 g/mol. The van der Waals surface area contributed by atoms with E-state index in [2.05, 4.69) is 19.2 Å². The summed E-state index contributed by atoms with van der Waals surface area (Å²) in [5.74, 6) is -0.0755. The SMILES string of the molecule is CCCCCCCCCCCCCCCC(=O)OCCCCCCCCCCCCC(=O)NC(CO)C(O)CCCCCCCCCCCCC. The number of carbonyl (C=O) groups is 2. The lowest BCUT2D eigenvalue weighted by atomic mass is 10.0. The average Bonchev–Trinajstić information content (AvgIpc) is 3.13. The molecule has 2 atom stereocenters. The molecule has 0 saturated carbocycles. The van der Waals surface area contributed by atoms with Crippen LogP contribution in [0.4, 0.5) is 0 Å². The van der Waals surface area contributed by atoms with Gasteiger partial charge in [0.25, 0.3) is 0 Å². The Morgan fingerprint density at radius 2 is 0.804 bits per heavy atom. The number of carbonyl (C=O) groups excluding carboxylic acids is 2. The molecule has 0 fully saturated rings. The van der Waals surface area contributed by atoms with Crippen molar-refractivity contribution in [1.29, 1.82) is 0 Å². The minimum atomic E-state index is -0.675. The molecular weight excluding hydrogens is 634 g/mol. The van der Waals surface area contributed by atoms with Crippen LogP contribution in [-0.2, 0) is 14.3 Å². The van der Waals surface area contributed by atoms with Gasteiger partial charge in [-0.2, -0.15) is 0 Å². The van der Waals surface area contributed by atoms with E-state index in [9.17, 15) is 19.8 Å². The Hall–Kier alpha value is -1.14. The van der Waals surface area contributed by atoms with Crippen molar-refractivity contribution < 1.29 is 24.5 Å². The van der Waals surface area contributed by atoms with Crippen molar-refractivity contribution in [1.82, 2.24) is 5.32 Å². The van der Waals surface area contributed by atoms with Crippen molar-refractivity contribution in [2.75, 3.05) is 13.2 Å². The fourth-order valence-corrected chi connectivity index (χ4v) is 7.11. The molecule has 304 valence electrons. The fraction of sp³-hybridized carbons (Fsp3) is 0.956. The van der Waals surface area contributed by atoms with E-state index in [4.69, 9.17) is 4.74 Å². The van der Waals surface area contributed by atoms with Crippen LogP contribution in [-0.4, -0.2) is 47.4 Å². The second-order valence-electron chi connectivity index (χ2n) is 15.7. The van der Waals surface area contributed by atoms with Crippen LogP contribution in [0, 0.1) is 0 Å². The smallest absolute Gasteiger partial charge is 0.305 e. The van der Waals surface area contributed by atoms with Crippen LogP contribution in [0.25, 0.3) is 0 Å². The van der Waals surface area contributed by atoms with Gasteiger partial charge in [0.2, 0.25) is 5.91 Å². The molecule has 0 rings (SSSR count). The molecule has 0 aliphatic rings. The van der Waals surface area contributed by atoms with Gasteiger partial charge in [-0.05, 0) is 25.7 Å². The van der Waals surface area contributed by atoms with Crippen molar-refractivity contribution in [3.8, 4) is 0 Å². The van der Waals surface area contributed by atoms with E-state index in [1.54, 1.807) is 0 Å². The summed E-state index contributed by atoms with van der Waals surface area (Å²) in [6.07, 6.45) is 43.4. The normalized spacial score (nSPS) is 12.6. The third kappa shape index (κ3) is 38.4. The Labute approximate surface area is 317 Å². The van der Waals surface area contributed by atoms with Crippen LogP contribution in [0.3, 0.4) is 0 Å². The highest BCUT2D eigenvalue weighted by molar-refractivity contribution is 5.76. The molecule has 51 heavy (non-hydrogen) atoms. The van der Waals surface area contributed by atoms with Crippen molar-refractivity contribution in [2.24, 2.45) is 0 Å². The summed E-state index contributed by atoms with van der Waals surface area (Å²) in [6.45, 7) is 4.89. The van der Waals surface area contributed by atoms with Gasteiger partial charge in [0.1, 0.15) is 0 Å². The molecule has 0 heterocycles.